The van der Waals surface area contributed by atoms with Gasteiger partial charge in [-0.25, -0.2) is 0 Å². The van der Waals surface area contributed by atoms with Crippen molar-refractivity contribution in [3.63, 3.8) is 0 Å². The summed E-state index contributed by atoms with van der Waals surface area (Å²) in [5.74, 6) is 0.133. The van der Waals surface area contributed by atoms with E-state index < -0.39 is 0 Å². The molecule has 6 heteroatoms. The highest BCUT2D eigenvalue weighted by Crippen LogP contribution is 2.19. The Morgan fingerprint density at radius 3 is 2.18 bits per heavy atom. The number of anilines is 1. The Labute approximate surface area is 174 Å². The van der Waals surface area contributed by atoms with Crippen molar-refractivity contribution in [2.45, 2.75) is 20.3 Å². The Hall–Kier alpha value is -2.18. The van der Waals surface area contributed by atoms with Crippen LogP contribution in [-0.2, 0) is 16.0 Å². The van der Waals surface area contributed by atoms with Gasteiger partial charge in [0.05, 0.1) is 13.0 Å². The van der Waals surface area contributed by atoms with E-state index in [9.17, 15) is 9.59 Å². The number of para-hydroxylation sites is 1. The molecule has 28 heavy (non-hydrogen) atoms. The molecule has 1 heterocycles. The average Bonchev–Trinajstić information content (AvgIpc) is 2.67. The van der Waals surface area contributed by atoms with Crippen molar-refractivity contribution in [3.05, 3.63) is 63.6 Å². The summed E-state index contributed by atoms with van der Waals surface area (Å²) in [6, 6.07) is 13.8. The van der Waals surface area contributed by atoms with Crippen LogP contribution in [0.15, 0.2) is 46.9 Å². The van der Waals surface area contributed by atoms with E-state index in [1.165, 1.54) is 0 Å². The molecule has 2 amide bonds. The van der Waals surface area contributed by atoms with Crippen LogP contribution in [0.1, 0.15) is 16.7 Å². The number of piperazine rings is 1. The largest absolute Gasteiger partial charge is 0.340 e. The Morgan fingerprint density at radius 2 is 1.57 bits per heavy atom. The zero-order valence-electron chi connectivity index (χ0n) is 16.4. The van der Waals surface area contributed by atoms with E-state index in [1.54, 1.807) is 0 Å². The molecule has 0 bridgehead atoms. The van der Waals surface area contributed by atoms with Crippen LogP contribution < -0.4 is 5.32 Å². The van der Waals surface area contributed by atoms with Gasteiger partial charge < -0.3 is 10.2 Å². The molecule has 1 fully saturated rings. The van der Waals surface area contributed by atoms with Crippen molar-refractivity contribution in [3.8, 4) is 0 Å². The highest BCUT2D eigenvalue weighted by atomic mass is 79.9. The second-order valence-electron chi connectivity index (χ2n) is 7.28. The summed E-state index contributed by atoms with van der Waals surface area (Å²) in [4.78, 5) is 28.9. The number of rotatable bonds is 5. The molecule has 2 aromatic carbocycles. The van der Waals surface area contributed by atoms with Gasteiger partial charge in [0, 0.05) is 36.3 Å². The number of carbonyl (C=O) groups excluding carboxylic acids is 2. The normalized spacial score (nSPS) is 14.8. The molecule has 0 saturated carbocycles. The number of nitrogens with zero attached hydrogens (tertiary/aromatic N) is 2. The van der Waals surface area contributed by atoms with E-state index in [-0.39, 0.29) is 11.8 Å². The Morgan fingerprint density at radius 1 is 0.964 bits per heavy atom. The van der Waals surface area contributed by atoms with E-state index >= 15 is 0 Å². The summed E-state index contributed by atoms with van der Waals surface area (Å²) in [5, 5.41) is 3.03. The minimum atomic E-state index is -0.00737. The quantitative estimate of drug-likeness (QED) is 0.770. The van der Waals surface area contributed by atoms with Crippen molar-refractivity contribution in [2.75, 3.05) is 38.0 Å². The van der Waals surface area contributed by atoms with Crippen LogP contribution in [0.3, 0.4) is 0 Å². The highest BCUT2D eigenvalue weighted by molar-refractivity contribution is 9.10. The van der Waals surface area contributed by atoms with E-state index in [1.807, 2.05) is 61.2 Å². The molecule has 0 spiro atoms. The first-order valence-electron chi connectivity index (χ1n) is 9.53. The Kier molecular flexibility index (Phi) is 6.86. The minimum Gasteiger partial charge on any atom is -0.340 e. The Balaban J connectivity index is 1.46. The SMILES string of the molecule is Cc1cccc(C)c1NC(=O)CN1CCN(C(=O)Cc2ccc(Br)cc2)CC1. The number of hydrogen-bond donors (Lipinski definition) is 1. The number of hydrogen-bond acceptors (Lipinski definition) is 3. The lowest BCUT2D eigenvalue weighted by Gasteiger charge is -2.34. The van der Waals surface area contributed by atoms with Crippen molar-refractivity contribution in [2.24, 2.45) is 0 Å². The minimum absolute atomic E-state index is 0.00737. The lowest BCUT2D eigenvalue weighted by molar-refractivity contribution is -0.132. The van der Waals surface area contributed by atoms with Gasteiger partial charge in [-0.05, 0) is 42.7 Å². The molecule has 3 rings (SSSR count). The van der Waals surface area contributed by atoms with Crippen LogP contribution in [0.4, 0.5) is 5.69 Å². The molecule has 148 valence electrons. The van der Waals surface area contributed by atoms with E-state index in [0.29, 0.717) is 39.1 Å². The lowest BCUT2D eigenvalue weighted by Crippen LogP contribution is -2.50. The van der Waals surface area contributed by atoms with Gasteiger partial charge >= 0.3 is 0 Å². The van der Waals surface area contributed by atoms with E-state index in [4.69, 9.17) is 0 Å². The number of benzene rings is 2. The number of halogens is 1. The lowest BCUT2D eigenvalue weighted by atomic mass is 10.1. The molecule has 0 atom stereocenters. The third-order valence-electron chi connectivity index (χ3n) is 5.11. The molecular weight excluding hydrogens is 418 g/mol. The maximum Gasteiger partial charge on any atom is 0.238 e. The zero-order valence-corrected chi connectivity index (χ0v) is 18.0. The van der Waals surface area contributed by atoms with Crippen LogP contribution >= 0.6 is 15.9 Å². The van der Waals surface area contributed by atoms with Crippen LogP contribution in [0.2, 0.25) is 0 Å². The van der Waals surface area contributed by atoms with Crippen LogP contribution in [0.5, 0.6) is 0 Å². The van der Waals surface area contributed by atoms with Crippen molar-refractivity contribution in [1.29, 1.82) is 0 Å². The molecular formula is C22H26BrN3O2. The number of carbonyl (C=O) groups is 2. The topological polar surface area (TPSA) is 52.7 Å². The van der Waals surface area contributed by atoms with Crippen LogP contribution in [0, 0.1) is 13.8 Å². The summed E-state index contributed by atoms with van der Waals surface area (Å²) >= 11 is 3.41. The van der Waals surface area contributed by atoms with E-state index in [2.05, 4.69) is 26.1 Å². The summed E-state index contributed by atoms with van der Waals surface area (Å²) in [6.45, 7) is 7.09. The van der Waals surface area contributed by atoms with Gasteiger partial charge in [-0.2, -0.15) is 0 Å². The van der Waals surface area contributed by atoms with Gasteiger partial charge in [0.2, 0.25) is 11.8 Å². The summed E-state index contributed by atoms with van der Waals surface area (Å²) in [5.41, 5.74) is 4.05. The molecule has 0 aromatic heterocycles. The van der Waals surface area contributed by atoms with Gasteiger partial charge in [0.1, 0.15) is 0 Å². The predicted molar refractivity (Wildman–Crippen MR) is 115 cm³/mol. The summed E-state index contributed by atoms with van der Waals surface area (Å²) in [6.07, 6.45) is 0.417. The number of nitrogens with one attached hydrogen (secondary N) is 1. The maximum absolute atomic E-state index is 12.5. The van der Waals surface area contributed by atoms with E-state index in [0.717, 1.165) is 26.9 Å². The third-order valence-corrected chi connectivity index (χ3v) is 5.64. The fourth-order valence-corrected chi connectivity index (χ4v) is 3.70. The van der Waals surface area contributed by atoms with Crippen molar-refractivity contribution in [1.82, 2.24) is 9.80 Å². The number of amides is 2. The fourth-order valence-electron chi connectivity index (χ4n) is 3.44. The predicted octanol–water partition coefficient (Wildman–Crippen LogP) is 3.39. The maximum atomic E-state index is 12.5. The first-order chi connectivity index (χ1) is 13.4. The molecule has 0 unspecified atom stereocenters. The van der Waals surface area contributed by atoms with Gasteiger partial charge in [-0.15, -0.1) is 0 Å². The highest BCUT2D eigenvalue weighted by Gasteiger charge is 2.22. The molecule has 1 aliphatic heterocycles. The van der Waals surface area contributed by atoms with Gasteiger partial charge in [0.15, 0.2) is 0 Å². The van der Waals surface area contributed by atoms with Crippen molar-refractivity contribution >= 4 is 33.4 Å². The standard InChI is InChI=1S/C22H26BrN3O2/c1-16-4-3-5-17(2)22(16)24-20(27)15-25-10-12-26(13-11-25)21(28)14-18-6-8-19(23)9-7-18/h3-9H,10-15H2,1-2H3,(H,24,27). The van der Waals surface area contributed by atoms with Gasteiger partial charge in [-0.3, -0.25) is 14.5 Å². The summed E-state index contributed by atoms with van der Waals surface area (Å²) < 4.78 is 1.01. The monoisotopic (exact) mass is 443 g/mol. The zero-order chi connectivity index (χ0) is 20.1. The molecule has 2 aromatic rings. The van der Waals surface area contributed by atoms with Crippen molar-refractivity contribution < 1.29 is 9.59 Å². The molecule has 1 saturated heterocycles. The first kappa shape index (κ1) is 20.6. The van der Waals surface area contributed by atoms with Crippen LogP contribution in [0.25, 0.3) is 0 Å². The molecule has 1 N–H and O–H groups in total. The second kappa shape index (κ2) is 9.34. The van der Waals surface area contributed by atoms with Crippen LogP contribution in [-0.4, -0.2) is 54.3 Å². The third kappa shape index (κ3) is 5.42. The molecule has 0 aliphatic carbocycles. The van der Waals surface area contributed by atoms with Gasteiger partial charge in [-0.1, -0.05) is 46.3 Å². The number of aryl methyl sites for hydroxylation is 2. The molecule has 0 radical (unpaired) electrons. The fraction of sp³-hybridized carbons (Fsp3) is 0.364. The first-order valence-corrected chi connectivity index (χ1v) is 10.3. The second-order valence-corrected chi connectivity index (χ2v) is 8.19. The molecule has 1 aliphatic rings. The summed E-state index contributed by atoms with van der Waals surface area (Å²) in [7, 11) is 0. The smallest absolute Gasteiger partial charge is 0.238 e. The molecule has 5 nitrogen and oxygen atoms in total. The Bertz CT molecular complexity index is 823. The van der Waals surface area contributed by atoms with Gasteiger partial charge in [0.25, 0.3) is 0 Å². The average molecular weight is 444 g/mol.